The first-order valence-corrected chi connectivity index (χ1v) is 14.5. The maximum atomic E-state index is 14.2. The molecule has 0 radical (unpaired) electrons. The number of aromatic hydroxyl groups is 1. The molecule has 0 saturated carbocycles. The first-order chi connectivity index (χ1) is 21.3. The van der Waals surface area contributed by atoms with Crippen LogP contribution in [0.3, 0.4) is 0 Å². The molecule has 12 heteroatoms. The molecule has 3 heterocycles. The second-order valence-corrected chi connectivity index (χ2v) is 11.0. The quantitative estimate of drug-likeness (QED) is 0.300. The van der Waals surface area contributed by atoms with Crippen LogP contribution in [0.4, 0.5) is 4.79 Å². The molecule has 44 heavy (non-hydrogen) atoms. The summed E-state index contributed by atoms with van der Waals surface area (Å²) in [5, 5.41) is 24.3. The van der Waals surface area contributed by atoms with E-state index in [0.717, 1.165) is 27.7 Å². The van der Waals surface area contributed by atoms with Crippen LogP contribution in [-0.4, -0.2) is 89.6 Å². The number of phenolic OH excluding ortho intramolecular Hbond substituents is 1. The minimum Gasteiger partial charge on any atom is -0.508 e. The predicted octanol–water partition coefficient (Wildman–Crippen LogP) is 2.41. The van der Waals surface area contributed by atoms with Gasteiger partial charge in [0, 0.05) is 33.1 Å². The van der Waals surface area contributed by atoms with E-state index < -0.39 is 12.2 Å². The number of fused-ring (bicyclic) bond motifs is 2. The molecule has 1 aromatic heterocycles. The van der Waals surface area contributed by atoms with Crippen molar-refractivity contribution in [3.05, 3.63) is 102 Å². The van der Waals surface area contributed by atoms with E-state index in [-0.39, 0.29) is 56.2 Å². The molecule has 3 aromatic carbocycles. The number of benzene rings is 3. The maximum Gasteiger partial charge on any atom is 0.334 e. The normalized spacial score (nSPS) is 18.9. The van der Waals surface area contributed by atoms with Crippen LogP contribution in [0.25, 0.3) is 11.0 Å². The lowest BCUT2D eigenvalue weighted by atomic mass is 9.98. The van der Waals surface area contributed by atoms with Crippen molar-refractivity contribution in [3.63, 3.8) is 0 Å². The standard InChI is InChI=1S/C32H34N8O4/c1-3-15-38-21-30(42)39-28(16-22-9-12-25(41)13-10-22)31(43)37(19-24-11-14-26-27(17-24)36(2)35-34-26)20-29(39)40(38)32(44)33-18-23-7-5-4-6-8-23/h3-14,17,28-29,41H,1,15-16,18-21H2,2H3,(H,33,44). The number of hydrogen-bond acceptors (Lipinski definition) is 7. The molecule has 2 unspecified atom stereocenters. The highest BCUT2D eigenvalue weighted by molar-refractivity contribution is 5.92. The molecule has 6 rings (SSSR count). The minimum atomic E-state index is -0.858. The summed E-state index contributed by atoms with van der Waals surface area (Å²) < 4.78 is 1.68. The van der Waals surface area contributed by atoms with Crippen molar-refractivity contribution in [2.45, 2.75) is 31.7 Å². The summed E-state index contributed by atoms with van der Waals surface area (Å²) in [4.78, 5) is 45.1. The topological polar surface area (TPSA) is 127 Å². The summed E-state index contributed by atoms with van der Waals surface area (Å²) in [6.45, 7) is 4.72. The first kappa shape index (κ1) is 28.9. The zero-order valence-corrected chi connectivity index (χ0v) is 24.4. The number of urea groups is 1. The minimum absolute atomic E-state index is 0.0786. The van der Waals surface area contributed by atoms with Gasteiger partial charge in [0.1, 0.15) is 23.5 Å². The number of aromatic nitrogens is 3. The average molecular weight is 595 g/mol. The number of piperazine rings is 1. The van der Waals surface area contributed by atoms with Gasteiger partial charge in [-0.3, -0.25) is 9.59 Å². The molecule has 0 spiro atoms. The van der Waals surface area contributed by atoms with Gasteiger partial charge in [-0.05, 0) is 41.0 Å². The number of aryl methyl sites for hydroxylation is 1. The Kier molecular flexibility index (Phi) is 7.99. The zero-order valence-electron chi connectivity index (χ0n) is 24.4. The Balaban J connectivity index is 1.35. The SMILES string of the molecule is C=CCN1CC(=O)N2C(Cc3ccc(O)cc3)C(=O)N(Cc3ccc4nnn(C)c4c3)CC2N1C(=O)NCc1ccccc1. The fourth-order valence-corrected chi connectivity index (χ4v) is 5.95. The molecule has 4 amide bonds. The summed E-state index contributed by atoms with van der Waals surface area (Å²) in [6.07, 6.45) is 1.12. The highest BCUT2D eigenvalue weighted by Gasteiger charge is 2.51. The number of nitrogens with zero attached hydrogens (tertiary/aromatic N) is 7. The number of hydrazine groups is 1. The fourth-order valence-electron chi connectivity index (χ4n) is 5.95. The molecule has 12 nitrogen and oxygen atoms in total. The third-order valence-electron chi connectivity index (χ3n) is 8.08. The monoisotopic (exact) mass is 594 g/mol. The molecule has 226 valence electrons. The lowest BCUT2D eigenvalue weighted by molar-refractivity contribution is -0.189. The predicted molar refractivity (Wildman–Crippen MR) is 162 cm³/mol. The van der Waals surface area contributed by atoms with E-state index in [2.05, 4.69) is 22.2 Å². The van der Waals surface area contributed by atoms with Gasteiger partial charge < -0.3 is 20.2 Å². The van der Waals surface area contributed by atoms with Gasteiger partial charge in [-0.2, -0.15) is 0 Å². The van der Waals surface area contributed by atoms with E-state index >= 15 is 0 Å². The molecule has 2 aliphatic heterocycles. The van der Waals surface area contributed by atoms with E-state index in [0.29, 0.717) is 6.54 Å². The van der Waals surface area contributed by atoms with Crippen molar-refractivity contribution in [1.29, 1.82) is 0 Å². The van der Waals surface area contributed by atoms with Gasteiger partial charge in [0.25, 0.3) is 0 Å². The fraction of sp³-hybridized carbons (Fsp3) is 0.281. The van der Waals surface area contributed by atoms with Gasteiger partial charge in [-0.25, -0.2) is 19.5 Å². The highest BCUT2D eigenvalue weighted by atomic mass is 16.3. The summed E-state index contributed by atoms with van der Waals surface area (Å²) >= 11 is 0. The van der Waals surface area contributed by atoms with Crippen LogP contribution in [0.1, 0.15) is 16.7 Å². The van der Waals surface area contributed by atoms with Crippen molar-refractivity contribution < 1.29 is 19.5 Å². The van der Waals surface area contributed by atoms with Gasteiger partial charge in [0.05, 0.1) is 18.6 Å². The van der Waals surface area contributed by atoms with E-state index in [1.54, 1.807) is 54.8 Å². The van der Waals surface area contributed by atoms with Gasteiger partial charge in [-0.15, -0.1) is 11.7 Å². The molecule has 0 aliphatic carbocycles. The summed E-state index contributed by atoms with van der Waals surface area (Å²) in [5.41, 5.74) is 4.17. The molecule has 2 fully saturated rings. The molecular formula is C32H34N8O4. The molecule has 0 bridgehead atoms. The number of hydrogen-bond donors (Lipinski definition) is 2. The first-order valence-electron chi connectivity index (χ1n) is 14.5. The van der Waals surface area contributed by atoms with Crippen molar-refractivity contribution >= 4 is 28.9 Å². The number of phenols is 1. The van der Waals surface area contributed by atoms with E-state index in [9.17, 15) is 19.5 Å². The second-order valence-electron chi connectivity index (χ2n) is 11.0. The number of amides is 4. The Bertz CT molecular complexity index is 1690. The van der Waals surface area contributed by atoms with Crippen LogP contribution in [0.2, 0.25) is 0 Å². The average Bonchev–Trinajstić information content (AvgIpc) is 3.39. The Morgan fingerprint density at radius 1 is 1.05 bits per heavy atom. The number of rotatable bonds is 8. The Morgan fingerprint density at radius 2 is 1.80 bits per heavy atom. The molecule has 2 saturated heterocycles. The number of carbonyl (C=O) groups is 3. The third-order valence-corrected chi connectivity index (χ3v) is 8.08. The van der Waals surface area contributed by atoms with Gasteiger partial charge in [-0.1, -0.05) is 59.8 Å². The van der Waals surface area contributed by atoms with Crippen LogP contribution >= 0.6 is 0 Å². The molecule has 2 atom stereocenters. The lowest BCUT2D eigenvalue weighted by Crippen LogP contribution is -2.76. The van der Waals surface area contributed by atoms with Gasteiger partial charge >= 0.3 is 6.03 Å². The van der Waals surface area contributed by atoms with Crippen molar-refractivity contribution in [3.8, 4) is 5.75 Å². The van der Waals surface area contributed by atoms with Gasteiger partial charge in [0.2, 0.25) is 11.8 Å². The Hall–Kier alpha value is -5.23. The zero-order chi connectivity index (χ0) is 30.8. The largest absolute Gasteiger partial charge is 0.508 e. The van der Waals surface area contributed by atoms with E-state index in [1.165, 1.54) is 0 Å². The molecule has 2 aliphatic rings. The molecular weight excluding hydrogens is 560 g/mol. The van der Waals surface area contributed by atoms with Crippen molar-refractivity contribution in [2.75, 3.05) is 19.6 Å². The smallest absolute Gasteiger partial charge is 0.334 e. The second kappa shape index (κ2) is 12.2. The molecule has 2 N–H and O–H groups in total. The Labute approximate surface area is 254 Å². The van der Waals surface area contributed by atoms with E-state index in [1.807, 2.05) is 55.6 Å². The lowest BCUT2D eigenvalue weighted by Gasteiger charge is -2.55. The summed E-state index contributed by atoms with van der Waals surface area (Å²) in [5.74, 6) is -0.352. The van der Waals surface area contributed by atoms with Crippen molar-refractivity contribution in [1.82, 2.24) is 40.1 Å². The number of carbonyl (C=O) groups excluding carboxylic acids is 3. The Morgan fingerprint density at radius 3 is 2.55 bits per heavy atom. The number of nitrogens with one attached hydrogen (secondary N) is 1. The van der Waals surface area contributed by atoms with Crippen LogP contribution in [-0.2, 0) is 36.1 Å². The summed E-state index contributed by atoms with van der Waals surface area (Å²) in [7, 11) is 1.81. The van der Waals surface area contributed by atoms with E-state index in [4.69, 9.17) is 0 Å². The van der Waals surface area contributed by atoms with Crippen molar-refractivity contribution in [2.24, 2.45) is 7.05 Å². The van der Waals surface area contributed by atoms with Crippen LogP contribution in [0, 0.1) is 0 Å². The maximum absolute atomic E-state index is 14.2. The van der Waals surface area contributed by atoms with Gasteiger partial charge in [0.15, 0.2) is 0 Å². The summed E-state index contributed by atoms with van der Waals surface area (Å²) in [6, 6.07) is 20.7. The van der Waals surface area contributed by atoms with Crippen LogP contribution < -0.4 is 5.32 Å². The van der Waals surface area contributed by atoms with Crippen LogP contribution in [0.15, 0.2) is 85.5 Å². The molecule has 4 aromatic rings. The van der Waals surface area contributed by atoms with Crippen LogP contribution in [0.5, 0.6) is 5.75 Å². The highest BCUT2D eigenvalue weighted by Crippen LogP contribution is 2.30. The third kappa shape index (κ3) is 5.71.